The minimum atomic E-state index is -3.74. The first-order chi connectivity index (χ1) is 13.5. The predicted octanol–water partition coefficient (Wildman–Crippen LogP) is 2.30. The lowest BCUT2D eigenvalue weighted by molar-refractivity contribution is 0.0933. The molecular weight excluding hydrogens is 374 g/mol. The summed E-state index contributed by atoms with van der Waals surface area (Å²) in [5.41, 5.74) is 7.85. The van der Waals surface area contributed by atoms with Crippen molar-refractivity contribution in [3.05, 3.63) is 59.7 Å². The molecule has 148 valence electrons. The number of nitrogens with one attached hydrogen (secondary N) is 1. The number of rotatable bonds is 6. The molecule has 1 aliphatic heterocycles. The second-order valence-electron chi connectivity index (χ2n) is 7.49. The van der Waals surface area contributed by atoms with Crippen LogP contribution in [0.15, 0.2) is 53.4 Å². The van der Waals surface area contributed by atoms with E-state index >= 15 is 0 Å². The van der Waals surface area contributed by atoms with E-state index in [-0.39, 0.29) is 16.8 Å². The Morgan fingerprint density at radius 1 is 1.18 bits per heavy atom. The summed E-state index contributed by atoms with van der Waals surface area (Å²) in [5.74, 6) is 0.157. The Morgan fingerprint density at radius 3 is 2.71 bits per heavy atom. The van der Waals surface area contributed by atoms with E-state index in [1.54, 1.807) is 18.2 Å². The summed E-state index contributed by atoms with van der Waals surface area (Å²) in [6.07, 6.45) is 3.79. The fourth-order valence-corrected chi connectivity index (χ4v) is 5.38. The van der Waals surface area contributed by atoms with Crippen molar-refractivity contribution in [3.63, 3.8) is 0 Å². The first-order valence-electron chi connectivity index (χ1n) is 9.72. The van der Waals surface area contributed by atoms with E-state index in [1.807, 2.05) is 24.3 Å². The highest BCUT2D eigenvalue weighted by Crippen LogP contribution is 2.33. The van der Waals surface area contributed by atoms with Crippen LogP contribution in [0.5, 0.6) is 0 Å². The zero-order chi connectivity index (χ0) is 19.7. The highest BCUT2D eigenvalue weighted by atomic mass is 32.2. The molecule has 1 fully saturated rings. The Balaban J connectivity index is 1.61. The van der Waals surface area contributed by atoms with E-state index in [2.05, 4.69) is 5.32 Å². The fourth-order valence-electron chi connectivity index (χ4n) is 3.79. The van der Waals surface area contributed by atoms with Gasteiger partial charge in [-0.2, -0.15) is 0 Å². The molecule has 1 unspecified atom stereocenters. The minimum absolute atomic E-state index is 0.0539. The van der Waals surface area contributed by atoms with Crippen molar-refractivity contribution in [2.45, 2.75) is 36.6 Å². The number of fused-ring (bicyclic) bond motifs is 1. The van der Waals surface area contributed by atoms with Gasteiger partial charge in [-0.1, -0.05) is 24.3 Å². The number of anilines is 1. The van der Waals surface area contributed by atoms with Crippen LogP contribution >= 0.6 is 0 Å². The summed E-state index contributed by atoms with van der Waals surface area (Å²) in [6.45, 7) is 0.825. The summed E-state index contributed by atoms with van der Waals surface area (Å²) in [7, 11) is -3.74. The normalized spacial score (nSPS) is 17.7. The number of para-hydroxylation sites is 1. The minimum Gasteiger partial charge on any atom is -0.348 e. The molecule has 1 aliphatic carbocycles. The quantitative estimate of drug-likeness (QED) is 0.780. The van der Waals surface area contributed by atoms with Crippen LogP contribution in [0.3, 0.4) is 0 Å². The Hall–Kier alpha value is -2.38. The van der Waals surface area contributed by atoms with Crippen LogP contribution in [0.25, 0.3) is 0 Å². The van der Waals surface area contributed by atoms with Crippen molar-refractivity contribution in [2.24, 2.45) is 11.7 Å². The molecule has 2 aliphatic rings. The molecule has 1 amide bonds. The van der Waals surface area contributed by atoms with Gasteiger partial charge < -0.3 is 11.1 Å². The van der Waals surface area contributed by atoms with Crippen molar-refractivity contribution in [1.82, 2.24) is 5.32 Å². The topological polar surface area (TPSA) is 92.5 Å². The van der Waals surface area contributed by atoms with Gasteiger partial charge in [-0.15, -0.1) is 0 Å². The third-order valence-electron chi connectivity index (χ3n) is 5.51. The average molecular weight is 400 g/mol. The Bertz CT molecular complexity index is 986. The van der Waals surface area contributed by atoms with Gasteiger partial charge in [0.15, 0.2) is 0 Å². The molecule has 2 aromatic rings. The molecule has 4 rings (SSSR count). The highest BCUT2D eigenvalue weighted by molar-refractivity contribution is 7.92. The van der Waals surface area contributed by atoms with Crippen LogP contribution in [-0.4, -0.2) is 33.5 Å². The summed E-state index contributed by atoms with van der Waals surface area (Å²) < 4.78 is 28.0. The van der Waals surface area contributed by atoms with E-state index in [0.29, 0.717) is 24.6 Å². The first-order valence-corrected chi connectivity index (χ1v) is 11.2. The van der Waals surface area contributed by atoms with Crippen LogP contribution in [-0.2, 0) is 16.4 Å². The maximum atomic E-state index is 13.3. The number of carbonyl (C=O) groups is 1. The molecule has 2 aromatic carbocycles. The highest BCUT2D eigenvalue weighted by Gasteiger charge is 2.32. The SMILES string of the molecule is NCC(NC(=O)c1cccc(S(=O)(=O)N2CCCc3ccccc32)c1)C1CC1. The van der Waals surface area contributed by atoms with Crippen molar-refractivity contribution in [3.8, 4) is 0 Å². The maximum absolute atomic E-state index is 13.3. The van der Waals surface area contributed by atoms with Gasteiger partial charge in [0.2, 0.25) is 0 Å². The lowest BCUT2D eigenvalue weighted by Gasteiger charge is -2.30. The molecule has 0 aromatic heterocycles. The second kappa shape index (κ2) is 7.56. The lowest BCUT2D eigenvalue weighted by atomic mass is 10.0. The smallest absolute Gasteiger partial charge is 0.264 e. The largest absolute Gasteiger partial charge is 0.348 e. The summed E-state index contributed by atoms with van der Waals surface area (Å²) >= 11 is 0. The second-order valence-corrected chi connectivity index (χ2v) is 9.35. The summed E-state index contributed by atoms with van der Waals surface area (Å²) in [4.78, 5) is 12.8. The third-order valence-corrected chi connectivity index (χ3v) is 7.32. The van der Waals surface area contributed by atoms with Gasteiger partial charge in [-0.25, -0.2) is 8.42 Å². The van der Waals surface area contributed by atoms with Crippen LogP contribution in [0.2, 0.25) is 0 Å². The van der Waals surface area contributed by atoms with Crippen molar-refractivity contribution in [1.29, 1.82) is 0 Å². The number of sulfonamides is 1. The summed E-state index contributed by atoms with van der Waals surface area (Å²) in [6, 6.07) is 13.8. The van der Waals surface area contributed by atoms with Crippen molar-refractivity contribution in [2.75, 3.05) is 17.4 Å². The molecule has 1 heterocycles. The molecule has 1 saturated carbocycles. The maximum Gasteiger partial charge on any atom is 0.264 e. The van der Waals surface area contributed by atoms with Gasteiger partial charge in [-0.3, -0.25) is 9.10 Å². The van der Waals surface area contributed by atoms with Gasteiger partial charge in [0.1, 0.15) is 0 Å². The Kier molecular flexibility index (Phi) is 5.12. The molecule has 0 radical (unpaired) electrons. The molecule has 28 heavy (non-hydrogen) atoms. The van der Waals surface area contributed by atoms with Gasteiger partial charge >= 0.3 is 0 Å². The van der Waals surface area contributed by atoms with Crippen molar-refractivity contribution >= 4 is 21.6 Å². The monoisotopic (exact) mass is 399 g/mol. The van der Waals surface area contributed by atoms with E-state index in [4.69, 9.17) is 5.73 Å². The van der Waals surface area contributed by atoms with Gasteiger partial charge in [0.05, 0.1) is 10.6 Å². The van der Waals surface area contributed by atoms with E-state index < -0.39 is 10.0 Å². The zero-order valence-electron chi connectivity index (χ0n) is 15.7. The molecule has 0 bridgehead atoms. The Morgan fingerprint density at radius 2 is 1.96 bits per heavy atom. The molecule has 6 nitrogen and oxygen atoms in total. The standard InChI is InChI=1S/C21H25N3O3S/c22-14-19(15-10-11-15)23-21(25)17-6-3-8-18(13-17)28(26,27)24-12-4-7-16-5-1-2-9-20(16)24/h1-3,5-6,8-9,13,15,19H,4,7,10-12,14,22H2,(H,23,25). The lowest BCUT2D eigenvalue weighted by Crippen LogP contribution is -2.41. The number of nitrogens with zero attached hydrogens (tertiary/aromatic N) is 1. The summed E-state index contributed by atoms with van der Waals surface area (Å²) in [5, 5.41) is 2.95. The molecule has 7 heteroatoms. The number of benzene rings is 2. The number of hydrogen-bond donors (Lipinski definition) is 2. The molecular formula is C21H25N3O3S. The number of aryl methyl sites for hydroxylation is 1. The van der Waals surface area contributed by atoms with E-state index in [1.165, 1.54) is 10.4 Å². The number of amides is 1. The predicted molar refractivity (Wildman–Crippen MR) is 109 cm³/mol. The number of nitrogens with two attached hydrogens (primary N) is 1. The van der Waals surface area contributed by atoms with E-state index in [9.17, 15) is 13.2 Å². The average Bonchev–Trinajstić information content (AvgIpc) is 3.56. The van der Waals surface area contributed by atoms with Crippen LogP contribution in [0.4, 0.5) is 5.69 Å². The molecule has 0 saturated heterocycles. The number of hydrogen-bond acceptors (Lipinski definition) is 4. The Labute approximate surface area is 165 Å². The molecule has 0 spiro atoms. The van der Waals surface area contributed by atoms with E-state index in [0.717, 1.165) is 36.9 Å². The molecule has 1 atom stereocenters. The van der Waals surface area contributed by atoms with Crippen LogP contribution in [0, 0.1) is 5.92 Å². The fraction of sp³-hybridized carbons (Fsp3) is 0.381. The van der Waals surface area contributed by atoms with Gasteiger partial charge in [0.25, 0.3) is 15.9 Å². The van der Waals surface area contributed by atoms with Crippen LogP contribution < -0.4 is 15.4 Å². The number of carbonyl (C=O) groups excluding carboxylic acids is 1. The van der Waals surface area contributed by atoms with Gasteiger partial charge in [-0.05, 0) is 61.4 Å². The first kappa shape index (κ1) is 19.0. The van der Waals surface area contributed by atoms with Crippen molar-refractivity contribution < 1.29 is 13.2 Å². The van der Waals surface area contributed by atoms with Crippen LogP contribution in [0.1, 0.15) is 35.2 Å². The zero-order valence-corrected chi connectivity index (χ0v) is 16.5. The molecule has 3 N–H and O–H groups in total. The van der Waals surface area contributed by atoms with Gasteiger partial charge in [0, 0.05) is 24.7 Å². The third kappa shape index (κ3) is 3.64.